The molecule has 0 aliphatic heterocycles. The summed E-state index contributed by atoms with van der Waals surface area (Å²) in [6.07, 6.45) is 1.43. The smallest absolute Gasteiger partial charge is 0.341 e. The van der Waals surface area contributed by atoms with E-state index in [0.717, 1.165) is 0 Å². The number of aromatic nitrogens is 1. The number of hydrogen-bond donors (Lipinski definition) is 1. The molecule has 0 radical (unpaired) electrons. The van der Waals surface area contributed by atoms with Gasteiger partial charge in [0.15, 0.2) is 0 Å². The maximum Gasteiger partial charge on any atom is 0.341 e. The molecule has 0 aliphatic rings. The molecule has 0 atom stereocenters. The van der Waals surface area contributed by atoms with Crippen molar-refractivity contribution in [2.45, 2.75) is 13.8 Å². The lowest BCUT2D eigenvalue weighted by Gasteiger charge is -2.16. The van der Waals surface area contributed by atoms with E-state index in [2.05, 4.69) is 10.3 Å². The zero-order valence-corrected chi connectivity index (χ0v) is 14.6. The highest BCUT2D eigenvalue weighted by Crippen LogP contribution is 2.34. The van der Waals surface area contributed by atoms with Crippen molar-refractivity contribution < 1.29 is 18.7 Å². The minimum Gasteiger partial charge on any atom is -0.492 e. The summed E-state index contributed by atoms with van der Waals surface area (Å²) < 4.78 is 24.6. The molecule has 0 fully saturated rings. The predicted octanol–water partition coefficient (Wildman–Crippen LogP) is 4.69. The molecule has 3 aromatic rings. The van der Waals surface area contributed by atoms with Crippen molar-refractivity contribution in [2.75, 3.05) is 18.5 Å². The molecule has 2 aromatic carbocycles. The second kappa shape index (κ2) is 7.82. The van der Waals surface area contributed by atoms with Gasteiger partial charge in [-0.3, -0.25) is 4.98 Å². The Bertz CT molecular complexity index is 943. The van der Waals surface area contributed by atoms with Crippen LogP contribution in [0.2, 0.25) is 0 Å². The second-order valence-electron chi connectivity index (χ2n) is 5.48. The lowest BCUT2D eigenvalue weighted by molar-refractivity contribution is 0.0527. The van der Waals surface area contributed by atoms with Crippen LogP contribution in [0.3, 0.4) is 0 Å². The number of nitrogens with zero attached hydrogens (tertiary/aromatic N) is 1. The third-order valence-electron chi connectivity index (χ3n) is 3.77. The standard InChI is InChI=1S/C20H19FN2O3/c1-3-25-18-8-6-5-7-17(18)23-19-14-11-13(21)9-10-16(14)22-12-15(19)20(24)26-4-2/h5-12H,3-4H2,1-2H3,(H,22,23). The SMILES string of the molecule is CCOC(=O)c1cnc2ccc(F)cc2c1Nc1ccccc1OCC. The van der Waals surface area contributed by atoms with Crippen LogP contribution in [0, 0.1) is 5.82 Å². The lowest BCUT2D eigenvalue weighted by Crippen LogP contribution is -2.10. The fraction of sp³-hybridized carbons (Fsp3) is 0.200. The van der Waals surface area contributed by atoms with Gasteiger partial charge in [0, 0.05) is 11.6 Å². The molecule has 134 valence electrons. The first-order chi connectivity index (χ1) is 12.6. The van der Waals surface area contributed by atoms with Crippen LogP contribution in [0.5, 0.6) is 5.75 Å². The first-order valence-electron chi connectivity index (χ1n) is 8.38. The fourth-order valence-corrected chi connectivity index (χ4v) is 2.65. The molecule has 1 aromatic heterocycles. The van der Waals surface area contributed by atoms with Gasteiger partial charge in [0.1, 0.15) is 17.1 Å². The van der Waals surface area contributed by atoms with E-state index < -0.39 is 11.8 Å². The van der Waals surface area contributed by atoms with Crippen molar-refractivity contribution in [3.63, 3.8) is 0 Å². The lowest BCUT2D eigenvalue weighted by atomic mass is 10.1. The van der Waals surface area contributed by atoms with E-state index in [1.54, 1.807) is 13.0 Å². The minimum absolute atomic E-state index is 0.231. The van der Waals surface area contributed by atoms with Crippen LogP contribution in [0.1, 0.15) is 24.2 Å². The molecule has 0 unspecified atom stereocenters. The maximum atomic E-state index is 13.8. The highest BCUT2D eigenvalue weighted by molar-refractivity contribution is 6.06. The summed E-state index contributed by atoms with van der Waals surface area (Å²) in [6, 6.07) is 11.6. The molecule has 6 heteroatoms. The zero-order valence-electron chi connectivity index (χ0n) is 14.6. The molecule has 1 N–H and O–H groups in total. The molecule has 0 spiro atoms. The van der Waals surface area contributed by atoms with Gasteiger partial charge >= 0.3 is 5.97 Å². The van der Waals surface area contributed by atoms with Gasteiger partial charge in [0.25, 0.3) is 0 Å². The number of halogens is 1. The number of rotatable bonds is 6. The van der Waals surface area contributed by atoms with Gasteiger partial charge in [-0.15, -0.1) is 0 Å². The number of fused-ring (bicyclic) bond motifs is 1. The Morgan fingerprint density at radius 1 is 1.15 bits per heavy atom. The highest BCUT2D eigenvalue weighted by atomic mass is 19.1. The Balaban J connectivity index is 2.17. The normalized spacial score (nSPS) is 10.6. The zero-order chi connectivity index (χ0) is 18.5. The minimum atomic E-state index is -0.525. The molecule has 0 saturated carbocycles. The van der Waals surface area contributed by atoms with Gasteiger partial charge in [-0.25, -0.2) is 9.18 Å². The van der Waals surface area contributed by atoms with Crippen LogP contribution in [-0.2, 0) is 4.74 Å². The van der Waals surface area contributed by atoms with Gasteiger partial charge in [-0.05, 0) is 44.2 Å². The van der Waals surface area contributed by atoms with E-state index in [-0.39, 0.29) is 12.2 Å². The van der Waals surface area contributed by atoms with E-state index in [1.165, 1.54) is 18.3 Å². The molecule has 0 aliphatic carbocycles. The Morgan fingerprint density at radius 3 is 2.73 bits per heavy atom. The van der Waals surface area contributed by atoms with E-state index >= 15 is 0 Å². The first-order valence-corrected chi connectivity index (χ1v) is 8.38. The van der Waals surface area contributed by atoms with Gasteiger partial charge in [-0.1, -0.05) is 12.1 Å². The average molecular weight is 354 g/mol. The van der Waals surface area contributed by atoms with Crippen molar-refractivity contribution >= 4 is 28.2 Å². The number of carbonyl (C=O) groups is 1. The van der Waals surface area contributed by atoms with Crippen LogP contribution in [0.15, 0.2) is 48.7 Å². The van der Waals surface area contributed by atoms with Gasteiger partial charge in [0.05, 0.1) is 30.1 Å². The second-order valence-corrected chi connectivity index (χ2v) is 5.48. The summed E-state index contributed by atoms with van der Waals surface area (Å²) in [7, 11) is 0. The van der Waals surface area contributed by atoms with Crippen LogP contribution in [0.4, 0.5) is 15.8 Å². The van der Waals surface area contributed by atoms with Gasteiger partial charge in [-0.2, -0.15) is 0 Å². The summed E-state index contributed by atoms with van der Waals surface area (Å²) in [4.78, 5) is 16.6. The molecule has 0 bridgehead atoms. The summed E-state index contributed by atoms with van der Waals surface area (Å²) in [5.74, 6) is -0.310. The molecule has 5 nitrogen and oxygen atoms in total. The first kappa shape index (κ1) is 17.7. The predicted molar refractivity (Wildman–Crippen MR) is 98.6 cm³/mol. The van der Waals surface area contributed by atoms with Crippen LogP contribution < -0.4 is 10.1 Å². The largest absolute Gasteiger partial charge is 0.492 e. The summed E-state index contributed by atoms with van der Waals surface area (Å²) >= 11 is 0. The van der Waals surface area contributed by atoms with Crippen molar-refractivity contribution in [3.8, 4) is 5.75 Å². The van der Waals surface area contributed by atoms with Crippen LogP contribution >= 0.6 is 0 Å². The molecule has 3 rings (SSSR count). The molecular weight excluding hydrogens is 335 g/mol. The van der Waals surface area contributed by atoms with Gasteiger partial charge < -0.3 is 14.8 Å². The van der Waals surface area contributed by atoms with Gasteiger partial charge in [0.2, 0.25) is 0 Å². The van der Waals surface area contributed by atoms with E-state index in [0.29, 0.717) is 34.6 Å². The number of ether oxygens (including phenoxy) is 2. The maximum absolute atomic E-state index is 13.8. The summed E-state index contributed by atoms with van der Waals surface area (Å²) in [6.45, 7) is 4.34. The number of carbonyl (C=O) groups excluding carboxylic acids is 1. The quantitative estimate of drug-likeness (QED) is 0.651. The Labute approximate surface area is 150 Å². The third kappa shape index (κ3) is 3.59. The molecule has 26 heavy (non-hydrogen) atoms. The van der Waals surface area contributed by atoms with Crippen molar-refractivity contribution in [1.82, 2.24) is 4.98 Å². The monoisotopic (exact) mass is 354 g/mol. The number of anilines is 2. The third-order valence-corrected chi connectivity index (χ3v) is 3.77. The highest BCUT2D eigenvalue weighted by Gasteiger charge is 2.18. The van der Waals surface area contributed by atoms with Crippen molar-refractivity contribution in [2.24, 2.45) is 0 Å². The number of hydrogen-bond acceptors (Lipinski definition) is 5. The Kier molecular flexibility index (Phi) is 5.31. The molecule has 0 saturated heterocycles. The number of para-hydroxylation sites is 2. The summed E-state index contributed by atoms with van der Waals surface area (Å²) in [5, 5.41) is 3.69. The van der Waals surface area contributed by atoms with E-state index in [1.807, 2.05) is 31.2 Å². The van der Waals surface area contributed by atoms with E-state index in [9.17, 15) is 9.18 Å². The Hall–Kier alpha value is -3.15. The number of nitrogens with one attached hydrogen (secondary N) is 1. The van der Waals surface area contributed by atoms with Crippen LogP contribution in [-0.4, -0.2) is 24.2 Å². The molecule has 1 heterocycles. The topological polar surface area (TPSA) is 60.5 Å². The van der Waals surface area contributed by atoms with Crippen molar-refractivity contribution in [3.05, 3.63) is 60.0 Å². The average Bonchev–Trinajstić information content (AvgIpc) is 2.64. The number of benzene rings is 2. The Morgan fingerprint density at radius 2 is 1.96 bits per heavy atom. The fourth-order valence-electron chi connectivity index (χ4n) is 2.65. The summed E-state index contributed by atoms with van der Waals surface area (Å²) in [5.41, 5.74) is 1.89. The van der Waals surface area contributed by atoms with Crippen molar-refractivity contribution in [1.29, 1.82) is 0 Å². The molecular formula is C20H19FN2O3. The van der Waals surface area contributed by atoms with Crippen LogP contribution in [0.25, 0.3) is 10.9 Å². The van der Waals surface area contributed by atoms with E-state index in [4.69, 9.17) is 9.47 Å². The number of esters is 1. The number of pyridine rings is 1. The molecule has 0 amide bonds.